The molecule has 0 bridgehead atoms. The molecule has 0 saturated carbocycles. The minimum Gasteiger partial charge on any atom is -0.497 e. The Morgan fingerprint density at radius 2 is 2.00 bits per heavy atom. The van der Waals surface area contributed by atoms with Gasteiger partial charge in [-0.1, -0.05) is 12.1 Å². The van der Waals surface area contributed by atoms with E-state index in [-0.39, 0.29) is 17.9 Å². The van der Waals surface area contributed by atoms with Crippen LogP contribution >= 0.6 is 0 Å². The molecule has 134 valence electrons. The summed E-state index contributed by atoms with van der Waals surface area (Å²) in [5, 5.41) is 5.45. The maximum absolute atomic E-state index is 12.7. The van der Waals surface area contributed by atoms with E-state index in [1.54, 1.807) is 12.0 Å². The lowest BCUT2D eigenvalue weighted by Crippen LogP contribution is -2.61. The maximum atomic E-state index is 12.7. The molecular formula is C17H21N3O5. The zero-order valence-electron chi connectivity index (χ0n) is 14.2. The normalized spacial score (nSPS) is 25.2. The first kappa shape index (κ1) is 17.1. The molecular weight excluding hydrogens is 326 g/mol. The third-order valence-electron chi connectivity index (χ3n) is 4.61. The smallest absolute Gasteiger partial charge is 0.407 e. The van der Waals surface area contributed by atoms with Crippen LogP contribution in [0.3, 0.4) is 0 Å². The summed E-state index contributed by atoms with van der Waals surface area (Å²) in [4.78, 5) is 38.0. The largest absolute Gasteiger partial charge is 0.497 e. The van der Waals surface area contributed by atoms with Gasteiger partial charge in [-0.15, -0.1) is 0 Å². The number of carbonyl (C=O) groups is 3. The zero-order valence-corrected chi connectivity index (χ0v) is 14.2. The minimum absolute atomic E-state index is 0.130. The van der Waals surface area contributed by atoms with Gasteiger partial charge in [0.2, 0.25) is 11.8 Å². The second kappa shape index (κ2) is 7.00. The lowest BCUT2D eigenvalue weighted by atomic mass is 10.0. The van der Waals surface area contributed by atoms with Crippen molar-refractivity contribution in [2.75, 3.05) is 20.8 Å². The molecule has 0 radical (unpaired) electrons. The van der Waals surface area contributed by atoms with Gasteiger partial charge in [0.1, 0.15) is 17.8 Å². The number of piperazine rings is 1. The van der Waals surface area contributed by atoms with Crippen LogP contribution in [0.15, 0.2) is 24.3 Å². The summed E-state index contributed by atoms with van der Waals surface area (Å²) < 4.78 is 9.69. The Hall–Kier alpha value is -2.77. The molecule has 8 heteroatoms. The molecule has 2 N–H and O–H groups in total. The number of benzene rings is 1. The van der Waals surface area contributed by atoms with Gasteiger partial charge in [-0.3, -0.25) is 9.59 Å². The Morgan fingerprint density at radius 3 is 2.64 bits per heavy atom. The molecule has 0 aliphatic carbocycles. The number of hydrogen-bond acceptors (Lipinski definition) is 5. The topological polar surface area (TPSA) is 97.0 Å². The highest BCUT2D eigenvalue weighted by Crippen LogP contribution is 2.24. The molecule has 2 saturated heterocycles. The fourth-order valence-corrected chi connectivity index (χ4v) is 3.32. The van der Waals surface area contributed by atoms with Gasteiger partial charge < -0.3 is 25.0 Å². The number of amides is 3. The molecule has 0 aromatic heterocycles. The van der Waals surface area contributed by atoms with E-state index in [4.69, 9.17) is 4.74 Å². The predicted molar refractivity (Wildman–Crippen MR) is 88.1 cm³/mol. The summed E-state index contributed by atoms with van der Waals surface area (Å²) in [6.07, 6.45) is 0.238. The van der Waals surface area contributed by atoms with Crippen LogP contribution in [0.4, 0.5) is 4.79 Å². The highest BCUT2D eigenvalue weighted by atomic mass is 16.5. The predicted octanol–water partition coefficient (Wildman–Crippen LogP) is 0.0616. The first-order valence-corrected chi connectivity index (χ1v) is 8.10. The van der Waals surface area contributed by atoms with Crippen molar-refractivity contribution in [1.82, 2.24) is 15.5 Å². The average molecular weight is 347 g/mol. The van der Waals surface area contributed by atoms with E-state index in [1.807, 2.05) is 24.3 Å². The van der Waals surface area contributed by atoms with Gasteiger partial charge in [-0.2, -0.15) is 0 Å². The van der Waals surface area contributed by atoms with Crippen LogP contribution in [-0.2, 0) is 20.7 Å². The van der Waals surface area contributed by atoms with Crippen molar-refractivity contribution in [3.63, 3.8) is 0 Å². The number of fused-ring (bicyclic) bond motifs is 1. The standard InChI is InChI=1S/C17H21N3O5/c1-24-12-5-3-10(4-6-12)7-13-16(22)20-9-11(18-17(23)25-2)8-14(20)15(21)19-13/h3-6,11,13-14H,7-9H2,1-2H3,(H,18,23)(H,19,21)/t11-,13-,14-/m0/s1. The minimum atomic E-state index is -0.603. The van der Waals surface area contributed by atoms with E-state index >= 15 is 0 Å². The molecule has 1 aromatic rings. The number of rotatable bonds is 4. The summed E-state index contributed by atoms with van der Waals surface area (Å²) >= 11 is 0. The van der Waals surface area contributed by atoms with E-state index in [0.29, 0.717) is 19.4 Å². The van der Waals surface area contributed by atoms with Crippen LogP contribution in [0.25, 0.3) is 0 Å². The molecule has 8 nitrogen and oxygen atoms in total. The molecule has 3 atom stereocenters. The van der Waals surface area contributed by atoms with Crippen LogP contribution in [0.5, 0.6) is 5.75 Å². The highest BCUT2D eigenvalue weighted by molar-refractivity contribution is 5.97. The van der Waals surface area contributed by atoms with Crippen LogP contribution in [0.1, 0.15) is 12.0 Å². The first-order chi connectivity index (χ1) is 12.0. The summed E-state index contributed by atoms with van der Waals surface area (Å²) in [7, 11) is 2.87. The van der Waals surface area contributed by atoms with E-state index in [2.05, 4.69) is 15.4 Å². The van der Waals surface area contributed by atoms with Gasteiger partial charge in [0.05, 0.1) is 20.3 Å². The second-order valence-corrected chi connectivity index (χ2v) is 6.19. The van der Waals surface area contributed by atoms with Gasteiger partial charge >= 0.3 is 6.09 Å². The lowest BCUT2D eigenvalue weighted by Gasteiger charge is -2.34. The molecule has 25 heavy (non-hydrogen) atoms. The third-order valence-corrected chi connectivity index (χ3v) is 4.61. The molecule has 3 rings (SSSR count). The molecule has 2 aliphatic rings. The van der Waals surface area contributed by atoms with Crippen molar-refractivity contribution in [3.05, 3.63) is 29.8 Å². The first-order valence-electron chi connectivity index (χ1n) is 8.10. The Bertz CT molecular complexity index is 675. The average Bonchev–Trinajstić information content (AvgIpc) is 3.04. The molecule has 3 amide bonds. The van der Waals surface area contributed by atoms with Crippen molar-refractivity contribution < 1.29 is 23.9 Å². The number of nitrogens with zero attached hydrogens (tertiary/aromatic N) is 1. The van der Waals surface area contributed by atoms with Gasteiger partial charge in [0, 0.05) is 13.0 Å². The van der Waals surface area contributed by atoms with Gasteiger partial charge in [-0.05, 0) is 24.1 Å². The molecule has 1 aromatic carbocycles. The fraction of sp³-hybridized carbons (Fsp3) is 0.471. The third kappa shape index (κ3) is 3.52. The summed E-state index contributed by atoms with van der Waals surface area (Å²) in [6.45, 7) is 0.311. The summed E-state index contributed by atoms with van der Waals surface area (Å²) in [6, 6.07) is 5.95. The van der Waals surface area contributed by atoms with Gasteiger partial charge in [0.15, 0.2) is 0 Å². The Kier molecular flexibility index (Phi) is 4.78. The monoisotopic (exact) mass is 347 g/mol. The zero-order chi connectivity index (χ0) is 18.0. The van der Waals surface area contributed by atoms with Crippen molar-refractivity contribution >= 4 is 17.9 Å². The summed E-state index contributed by atoms with van der Waals surface area (Å²) in [5.41, 5.74) is 0.932. The van der Waals surface area contributed by atoms with E-state index < -0.39 is 18.2 Å². The highest BCUT2D eigenvalue weighted by Gasteiger charge is 2.46. The Balaban J connectivity index is 1.67. The van der Waals surface area contributed by atoms with Crippen molar-refractivity contribution in [2.24, 2.45) is 0 Å². The van der Waals surface area contributed by atoms with Gasteiger partial charge in [0.25, 0.3) is 0 Å². The van der Waals surface area contributed by atoms with Crippen LogP contribution in [0.2, 0.25) is 0 Å². The van der Waals surface area contributed by atoms with E-state index in [9.17, 15) is 14.4 Å². The van der Waals surface area contributed by atoms with Crippen LogP contribution in [-0.4, -0.2) is 61.7 Å². The van der Waals surface area contributed by atoms with Crippen LogP contribution in [0, 0.1) is 0 Å². The quantitative estimate of drug-likeness (QED) is 0.803. The molecule has 0 spiro atoms. The SMILES string of the molecule is COC(=O)N[C@H]1C[C@H]2C(=O)N[C@@H](Cc3ccc(OC)cc3)C(=O)N2C1. The number of methoxy groups -OCH3 is 2. The Morgan fingerprint density at radius 1 is 1.28 bits per heavy atom. The molecule has 2 heterocycles. The molecule has 2 aliphatic heterocycles. The maximum Gasteiger partial charge on any atom is 0.407 e. The van der Waals surface area contributed by atoms with Crippen molar-refractivity contribution in [2.45, 2.75) is 31.0 Å². The molecule has 0 unspecified atom stereocenters. The Labute approximate surface area is 145 Å². The molecule has 2 fully saturated rings. The number of nitrogens with one attached hydrogen (secondary N) is 2. The lowest BCUT2D eigenvalue weighted by molar-refractivity contribution is -0.147. The number of carbonyl (C=O) groups excluding carboxylic acids is 3. The second-order valence-electron chi connectivity index (χ2n) is 6.19. The number of alkyl carbamates (subject to hydrolysis) is 1. The van der Waals surface area contributed by atoms with E-state index in [1.165, 1.54) is 7.11 Å². The number of ether oxygens (including phenoxy) is 2. The van der Waals surface area contributed by atoms with Gasteiger partial charge in [-0.25, -0.2) is 4.79 Å². The van der Waals surface area contributed by atoms with Crippen LogP contribution < -0.4 is 15.4 Å². The van der Waals surface area contributed by atoms with Crippen molar-refractivity contribution in [1.29, 1.82) is 0 Å². The van der Waals surface area contributed by atoms with Crippen molar-refractivity contribution in [3.8, 4) is 5.75 Å². The fourth-order valence-electron chi connectivity index (χ4n) is 3.32. The number of hydrogen-bond donors (Lipinski definition) is 2. The summed E-state index contributed by atoms with van der Waals surface area (Å²) in [5.74, 6) is 0.418. The van der Waals surface area contributed by atoms with E-state index in [0.717, 1.165) is 11.3 Å².